The molecule has 0 aliphatic heterocycles. The smallest absolute Gasteiger partial charge is 0.234 e. The van der Waals surface area contributed by atoms with Gasteiger partial charge in [-0.15, -0.1) is 10.2 Å². The van der Waals surface area contributed by atoms with Gasteiger partial charge < -0.3 is 19.4 Å². The molecular formula is C20H22N4O3S. The highest BCUT2D eigenvalue weighted by atomic mass is 32.2. The largest absolute Gasteiger partial charge is 0.493 e. The van der Waals surface area contributed by atoms with Crippen LogP contribution < -0.4 is 14.8 Å². The molecule has 1 N–H and O–H groups in total. The van der Waals surface area contributed by atoms with E-state index in [-0.39, 0.29) is 17.8 Å². The molecule has 7 nitrogen and oxygen atoms in total. The van der Waals surface area contributed by atoms with E-state index in [0.29, 0.717) is 22.5 Å². The van der Waals surface area contributed by atoms with Gasteiger partial charge in [0.15, 0.2) is 28.6 Å². The van der Waals surface area contributed by atoms with Crippen LogP contribution >= 0.6 is 11.8 Å². The summed E-state index contributed by atoms with van der Waals surface area (Å²) in [5.74, 6) is 2.10. The highest BCUT2D eigenvalue weighted by molar-refractivity contribution is 7.99. The van der Waals surface area contributed by atoms with Crippen molar-refractivity contribution in [3.05, 3.63) is 60.4 Å². The number of nitrogens with zero attached hydrogens (tertiary/aromatic N) is 3. The Balaban J connectivity index is 1.60. The summed E-state index contributed by atoms with van der Waals surface area (Å²) in [6.45, 7) is 1.90. The van der Waals surface area contributed by atoms with Gasteiger partial charge in [0.25, 0.3) is 0 Å². The third-order valence-electron chi connectivity index (χ3n) is 3.99. The zero-order chi connectivity index (χ0) is 19.9. The fourth-order valence-electron chi connectivity index (χ4n) is 2.61. The zero-order valence-electron chi connectivity index (χ0n) is 16.0. The first-order valence-corrected chi connectivity index (χ1v) is 9.73. The number of amides is 1. The standard InChI is InChI=1S/C20H22N4O3S/c1-14(27-17-12-8-7-11-16(17)26-3)19-22-23-20(24(19)2)28-13-18(25)21-15-9-5-4-6-10-15/h4-12,14H,13H2,1-3H3,(H,21,25). The minimum Gasteiger partial charge on any atom is -0.493 e. The van der Waals surface area contributed by atoms with Gasteiger partial charge in [-0.2, -0.15) is 0 Å². The van der Waals surface area contributed by atoms with E-state index in [1.807, 2.05) is 73.1 Å². The van der Waals surface area contributed by atoms with Crippen molar-refractivity contribution in [2.24, 2.45) is 7.05 Å². The molecule has 0 saturated carbocycles. The minimum absolute atomic E-state index is 0.0981. The average molecular weight is 398 g/mol. The van der Waals surface area contributed by atoms with Crippen LogP contribution in [0.25, 0.3) is 0 Å². The molecule has 0 aliphatic carbocycles. The molecule has 1 aromatic heterocycles. The topological polar surface area (TPSA) is 78.3 Å². The number of carbonyl (C=O) groups excluding carboxylic acids is 1. The molecule has 0 fully saturated rings. The Hall–Kier alpha value is -3.00. The van der Waals surface area contributed by atoms with Gasteiger partial charge in [-0.3, -0.25) is 4.79 Å². The van der Waals surface area contributed by atoms with Crippen LogP contribution in [0.5, 0.6) is 11.5 Å². The van der Waals surface area contributed by atoms with E-state index in [2.05, 4.69) is 15.5 Å². The Bertz CT molecular complexity index is 930. The second-order valence-electron chi connectivity index (χ2n) is 6.01. The van der Waals surface area contributed by atoms with Gasteiger partial charge in [0.2, 0.25) is 5.91 Å². The molecule has 1 amide bonds. The van der Waals surface area contributed by atoms with Gasteiger partial charge in [0, 0.05) is 12.7 Å². The first-order chi connectivity index (χ1) is 13.6. The zero-order valence-corrected chi connectivity index (χ0v) is 16.8. The molecule has 146 valence electrons. The van der Waals surface area contributed by atoms with Crippen LogP contribution in [-0.4, -0.2) is 33.5 Å². The summed E-state index contributed by atoms with van der Waals surface area (Å²) in [6.07, 6.45) is -0.332. The third kappa shape index (κ3) is 4.83. The van der Waals surface area contributed by atoms with Crippen molar-refractivity contribution in [2.75, 3.05) is 18.2 Å². The molecule has 8 heteroatoms. The number of para-hydroxylation sites is 3. The van der Waals surface area contributed by atoms with Gasteiger partial charge in [0.1, 0.15) is 0 Å². The van der Waals surface area contributed by atoms with E-state index in [0.717, 1.165) is 5.69 Å². The number of aromatic nitrogens is 3. The van der Waals surface area contributed by atoms with Gasteiger partial charge in [-0.1, -0.05) is 42.1 Å². The summed E-state index contributed by atoms with van der Waals surface area (Å²) in [4.78, 5) is 12.1. The molecular weight excluding hydrogens is 376 g/mol. The number of nitrogens with one attached hydrogen (secondary N) is 1. The Kier molecular flexibility index (Phi) is 6.54. The number of ether oxygens (including phenoxy) is 2. The van der Waals surface area contributed by atoms with Crippen molar-refractivity contribution in [3.63, 3.8) is 0 Å². The van der Waals surface area contributed by atoms with Crippen LogP contribution in [0.15, 0.2) is 59.8 Å². The maximum absolute atomic E-state index is 12.1. The predicted octanol–water partition coefficient (Wildman–Crippen LogP) is 3.69. The molecule has 1 unspecified atom stereocenters. The lowest BCUT2D eigenvalue weighted by molar-refractivity contribution is -0.113. The van der Waals surface area contributed by atoms with Crippen LogP contribution in [0.1, 0.15) is 18.9 Å². The van der Waals surface area contributed by atoms with E-state index in [4.69, 9.17) is 9.47 Å². The Morgan fingerprint density at radius 3 is 2.50 bits per heavy atom. The SMILES string of the molecule is COc1ccccc1OC(C)c1nnc(SCC(=O)Nc2ccccc2)n1C. The van der Waals surface area contributed by atoms with Crippen molar-refractivity contribution >= 4 is 23.4 Å². The van der Waals surface area contributed by atoms with Gasteiger partial charge >= 0.3 is 0 Å². The maximum atomic E-state index is 12.1. The minimum atomic E-state index is -0.332. The normalized spacial score (nSPS) is 11.7. The van der Waals surface area contributed by atoms with Crippen molar-refractivity contribution in [3.8, 4) is 11.5 Å². The number of methoxy groups -OCH3 is 1. The Morgan fingerprint density at radius 2 is 1.79 bits per heavy atom. The lowest BCUT2D eigenvalue weighted by Crippen LogP contribution is -2.14. The van der Waals surface area contributed by atoms with Crippen LogP contribution in [0.3, 0.4) is 0 Å². The number of hydrogen-bond acceptors (Lipinski definition) is 6. The summed E-state index contributed by atoms with van der Waals surface area (Å²) in [7, 11) is 3.46. The Labute approximate surface area is 168 Å². The maximum Gasteiger partial charge on any atom is 0.234 e. The average Bonchev–Trinajstić information content (AvgIpc) is 3.08. The number of benzene rings is 2. The lowest BCUT2D eigenvalue weighted by Gasteiger charge is -2.16. The molecule has 28 heavy (non-hydrogen) atoms. The van der Waals surface area contributed by atoms with E-state index >= 15 is 0 Å². The molecule has 0 bridgehead atoms. The first kappa shape index (κ1) is 19.8. The fourth-order valence-corrected chi connectivity index (χ4v) is 3.33. The Morgan fingerprint density at radius 1 is 1.11 bits per heavy atom. The summed E-state index contributed by atoms with van der Waals surface area (Å²) in [5.41, 5.74) is 0.769. The number of rotatable bonds is 8. The molecule has 2 aromatic carbocycles. The lowest BCUT2D eigenvalue weighted by atomic mass is 10.3. The monoisotopic (exact) mass is 398 g/mol. The number of thioether (sulfide) groups is 1. The van der Waals surface area contributed by atoms with Crippen molar-refractivity contribution < 1.29 is 14.3 Å². The van der Waals surface area contributed by atoms with E-state index in [1.54, 1.807) is 7.11 Å². The quantitative estimate of drug-likeness (QED) is 0.583. The molecule has 3 aromatic rings. The summed E-state index contributed by atoms with van der Waals surface area (Å²) >= 11 is 1.32. The van der Waals surface area contributed by atoms with Crippen molar-refractivity contribution in [1.29, 1.82) is 0 Å². The molecule has 0 saturated heterocycles. The summed E-state index contributed by atoms with van der Waals surface area (Å²) in [6, 6.07) is 16.8. The van der Waals surface area contributed by atoms with Crippen molar-refractivity contribution in [1.82, 2.24) is 14.8 Å². The summed E-state index contributed by atoms with van der Waals surface area (Å²) < 4.78 is 13.1. The van der Waals surface area contributed by atoms with Gasteiger partial charge in [-0.25, -0.2) is 0 Å². The molecule has 1 heterocycles. The molecule has 0 radical (unpaired) electrons. The highest BCUT2D eigenvalue weighted by Gasteiger charge is 2.19. The number of carbonyl (C=O) groups is 1. The predicted molar refractivity (Wildman–Crippen MR) is 109 cm³/mol. The number of hydrogen-bond donors (Lipinski definition) is 1. The molecule has 1 atom stereocenters. The third-order valence-corrected chi connectivity index (χ3v) is 5.02. The van der Waals surface area contributed by atoms with Crippen molar-refractivity contribution in [2.45, 2.75) is 18.2 Å². The fraction of sp³-hybridized carbons (Fsp3) is 0.250. The molecule has 0 spiro atoms. The number of anilines is 1. The van der Waals surface area contributed by atoms with Gasteiger partial charge in [0.05, 0.1) is 12.9 Å². The molecule has 0 aliphatic rings. The van der Waals surface area contributed by atoms with E-state index < -0.39 is 0 Å². The van der Waals surface area contributed by atoms with Crippen LogP contribution in [-0.2, 0) is 11.8 Å². The van der Waals surface area contributed by atoms with Gasteiger partial charge in [-0.05, 0) is 31.2 Å². The first-order valence-electron chi connectivity index (χ1n) is 8.75. The van der Waals surface area contributed by atoms with E-state index in [1.165, 1.54) is 11.8 Å². The van der Waals surface area contributed by atoms with E-state index in [9.17, 15) is 4.79 Å². The molecule has 3 rings (SSSR count). The van der Waals surface area contributed by atoms with Crippen LogP contribution in [0.2, 0.25) is 0 Å². The second-order valence-corrected chi connectivity index (χ2v) is 6.96. The van der Waals surface area contributed by atoms with Crippen LogP contribution in [0, 0.1) is 0 Å². The second kappa shape index (κ2) is 9.27. The summed E-state index contributed by atoms with van der Waals surface area (Å²) in [5, 5.41) is 11.9. The van der Waals surface area contributed by atoms with Crippen LogP contribution in [0.4, 0.5) is 5.69 Å². The highest BCUT2D eigenvalue weighted by Crippen LogP contribution is 2.30.